The van der Waals surface area contributed by atoms with Gasteiger partial charge in [-0.2, -0.15) is 0 Å². The van der Waals surface area contributed by atoms with Gasteiger partial charge in [-0.05, 0) is 18.2 Å². The second-order valence-electron chi connectivity index (χ2n) is 7.44. The highest BCUT2D eigenvalue weighted by molar-refractivity contribution is 5.77. The summed E-state index contributed by atoms with van der Waals surface area (Å²) >= 11 is 0. The molecule has 2 atom stereocenters. The van der Waals surface area contributed by atoms with Crippen LogP contribution in [-0.2, 0) is 11.8 Å². The van der Waals surface area contributed by atoms with Crippen LogP contribution in [0.25, 0.3) is 0 Å². The number of anilines is 1. The van der Waals surface area contributed by atoms with Crippen LogP contribution in [0.1, 0.15) is 24.6 Å². The third-order valence-electron chi connectivity index (χ3n) is 5.87. The Balaban J connectivity index is 1.33. The van der Waals surface area contributed by atoms with E-state index in [9.17, 15) is 4.79 Å². The maximum absolute atomic E-state index is 12.9. The summed E-state index contributed by atoms with van der Waals surface area (Å²) in [6, 6.07) is 10.9. The van der Waals surface area contributed by atoms with Crippen molar-refractivity contribution in [1.82, 2.24) is 9.47 Å². The lowest BCUT2D eigenvalue weighted by Gasteiger charge is -2.32. The molecule has 2 fully saturated rings. The molecule has 2 saturated heterocycles. The molecular weight excluding hydrogens is 326 g/mol. The number of aromatic amines is 1. The molecule has 2 aliphatic heterocycles. The van der Waals surface area contributed by atoms with E-state index in [1.807, 2.05) is 23.2 Å². The molecule has 0 saturated carbocycles. The zero-order valence-electron chi connectivity index (χ0n) is 15.5. The van der Waals surface area contributed by atoms with Crippen LogP contribution in [0.4, 0.5) is 5.82 Å². The number of rotatable bonds is 4. The standard InChI is InChI=1S/C20H27N5O/c1-22-10-4-6-17(22)18-7-5-11-25(18)16-20(26)24-14-12-23(13-15-24)19-8-2-3-9-21-19/h2-4,6,8-10,18H,5,7,11-16H2,1H3/p+2/t18-/m1/s1. The van der Waals surface area contributed by atoms with E-state index in [0.29, 0.717) is 18.5 Å². The number of nitrogens with zero attached hydrogens (tertiary/aromatic N) is 3. The second-order valence-corrected chi connectivity index (χ2v) is 7.44. The summed E-state index contributed by atoms with van der Waals surface area (Å²) in [6.07, 6.45) is 6.44. The highest BCUT2D eigenvalue weighted by Crippen LogP contribution is 2.19. The van der Waals surface area contributed by atoms with Crippen molar-refractivity contribution in [3.63, 3.8) is 0 Å². The van der Waals surface area contributed by atoms with Crippen LogP contribution in [0, 0.1) is 0 Å². The molecule has 138 valence electrons. The number of hydrogen-bond acceptors (Lipinski definition) is 2. The van der Waals surface area contributed by atoms with Gasteiger partial charge >= 0.3 is 0 Å². The summed E-state index contributed by atoms with van der Waals surface area (Å²) in [5, 5.41) is 0. The number of H-pyrrole nitrogens is 1. The Labute approximate surface area is 155 Å². The van der Waals surface area contributed by atoms with Crippen LogP contribution in [-0.4, -0.2) is 54.6 Å². The normalized spacial score (nSPS) is 23.4. The number of piperazine rings is 1. The molecule has 1 unspecified atom stereocenters. The molecule has 2 aromatic heterocycles. The van der Waals surface area contributed by atoms with Crippen molar-refractivity contribution in [3.05, 3.63) is 48.4 Å². The Hall–Kier alpha value is -2.34. The first-order valence-electron chi connectivity index (χ1n) is 9.67. The molecule has 0 aromatic carbocycles. The number of aryl methyl sites for hydroxylation is 1. The Bertz CT molecular complexity index is 736. The number of pyridine rings is 1. The summed E-state index contributed by atoms with van der Waals surface area (Å²) in [7, 11) is 2.10. The van der Waals surface area contributed by atoms with E-state index in [1.165, 1.54) is 23.4 Å². The van der Waals surface area contributed by atoms with Gasteiger partial charge in [0.1, 0.15) is 19.1 Å². The van der Waals surface area contributed by atoms with Crippen LogP contribution >= 0.6 is 0 Å². The fourth-order valence-corrected chi connectivity index (χ4v) is 4.40. The largest absolute Gasteiger partial charge is 0.350 e. The summed E-state index contributed by atoms with van der Waals surface area (Å²) in [6.45, 7) is 5.12. The van der Waals surface area contributed by atoms with E-state index < -0.39 is 0 Å². The minimum Gasteiger partial charge on any atom is -0.350 e. The highest BCUT2D eigenvalue weighted by Gasteiger charge is 2.35. The number of hydrogen-bond donors (Lipinski definition) is 1. The summed E-state index contributed by atoms with van der Waals surface area (Å²) in [4.78, 5) is 21.9. The number of carbonyl (C=O) groups is 1. The average Bonchev–Trinajstić information content (AvgIpc) is 3.31. The topological polar surface area (TPSA) is 47.1 Å². The minimum absolute atomic E-state index is 0.304. The number of quaternary nitrogens is 1. The fraction of sp³-hybridized carbons (Fsp3) is 0.500. The summed E-state index contributed by atoms with van der Waals surface area (Å²) in [5.74, 6) is 1.44. The SMILES string of the molecule is Cn1cccc1[C@H]1CCC[NH+]1CC(=O)N1CCN(c2cccc[nH+]2)CC1. The number of nitrogens with one attached hydrogen (secondary N) is 2. The van der Waals surface area contributed by atoms with E-state index in [0.717, 1.165) is 38.5 Å². The van der Waals surface area contributed by atoms with Crippen molar-refractivity contribution >= 4 is 11.7 Å². The summed E-state index contributed by atoms with van der Waals surface area (Å²) < 4.78 is 2.20. The van der Waals surface area contributed by atoms with Crippen molar-refractivity contribution in [3.8, 4) is 0 Å². The molecule has 0 spiro atoms. The van der Waals surface area contributed by atoms with Crippen LogP contribution in [0.5, 0.6) is 0 Å². The molecule has 1 amide bonds. The first kappa shape index (κ1) is 17.1. The zero-order chi connectivity index (χ0) is 17.9. The maximum atomic E-state index is 12.9. The number of aromatic nitrogens is 2. The molecule has 6 nitrogen and oxygen atoms in total. The smallest absolute Gasteiger partial charge is 0.278 e. The Morgan fingerprint density at radius 1 is 1.19 bits per heavy atom. The Morgan fingerprint density at radius 2 is 2.04 bits per heavy atom. The van der Waals surface area contributed by atoms with Crippen molar-refractivity contribution in [2.45, 2.75) is 18.9 Å². The first-order valence-corrected chi connectivity index (χ1v) is 9.67. The molecule has 4 rings (SSSR count). The predicted octanol–water partition coefficient (Wildman–Crippen LogP) is -0.0922. The van der Waals surface area contributed by atoms with Crippen LogP contribution < -0.4 is 14.8 Å². The molecule has 26 heavy (non-hydrogen) atoms. The van der Waals surface area contributed by atoms with Crippen LogP contribution in [0.15, 0.2) is 42.7 Å². The van der Waals surface area contributed by atoms with Gasteiger partial charge in [0, 0.05) is 32.2 Å². The van der Waals surface area contributed by atoms with Gasteiger partial charge in [0.2, 0.25) is 0 Å². The van der Waals surface area contributed by atoms with Crippen molar-refractivity contribution in [2.24, 2.45) is 7.05 Å². The number of carbonyl (C=O) groups excluding carboxylic acids is 1. The lowest BCUT2D eigenvalue weighted by atomic mass is 10.1. The Kier molecular flexibility index (Phi) is 4.93. The van der Waals surface area contributed by atoms with Crippen molar-refractivity contribution < 1.29 is 14.7 Å². The zero-order valence-corrected chi connectivity index (χ0v) is 15.5. The van der Waals surface area contributed by atoms with Gasteiger partial charge in [-0.15, -0.1) is 0 Å². The Morgan fingerprint density at radius 3 is 2.73 bits per heavy atom. The second kappa shape index (κ2) is 7.50. The highest BCUT2D eigenvalue weighted by atomic mass is 16.2. The van der Waals surface area contributed by atoms with Crippen LogP contribution in [0.3, 0.4) is 0 Å². The van der Waals surface area contributed by atoms with Gasteiger partial charge < -0.3 is 14.4 Å². The van der Waals surface area contributed by atoms with Gasteiger partial charge in [-0.3, -0.25) is 9.69 Å². The summed E-state index contributed by atoms with van der Waals surface area (Å²) in [5.41, 5.74) is 1.36. The quantitative estimate of drug-likeness (QED) is 0.833. The van der Waals surface area contributed by atoms with Crippen molar-refractivity contribution in [2.75, 3.05) is 44.2 Å². The van der Waals surface area contributed by atoms with Gasteiger partial charge in [-0.25, -0.2) is 4.98 Å². The predicted molar refractivity (Wildman–Crippen MR) is 99.9 cm³/mol. The molecule has 2 N–H and O–H groups in total. The fourth-order valence-electron chi connectivity index (χ4n) is 4.40. The van der Waals surface area contributed by atoms with E-state index in [2.05, 4.69) is 45.9 Å². The molecular formula is C20H29N5O+2. The molecule has 2 aliphatic rings. The van der Waals surface area contributed by atoms with Gasteiger partial charge in [0.25, 0.3) is 11.7 Å². The molecule has 6 heteroatoms. The molecule has 0 bridgehead atoms. The molecule has 0 radical (unpaired) electrons. The first-order chi connectivity index (χ1) is 12.7. The average molecular weight is 355 g/mol. The van der Waals surface area contributed by atoms with E-state index in [-0.39, 0.29) is 0 Å². The third-order valence-corrected chi connectivity index (χ3v) is 5.87. The van der Waals surface area contributed by atoms with E-state index >= 15 is 0 Å². The van der Waals surface area contributed by atoms with E-state index in [1.54, 1.807) is 0 Å². The van der Waals surface area contributed by atoms with Gasteiger partial charge in [0.15, 0.2) is 6.54 Å². The van der Waals surface area contributed by atoms with Crippen molar-refractivity contribution in [1.29, 1.82) is 0 Å². The lowest BCUT2D eigenvalue weighted by molar-refractivity contribution is -0.911. The minimum atomic E-state index is 0.304. The number of likely N-dealkylation sites (tertiary alicyclic amines) is 1. The van der Waals surface area contributed by atoms with Gasteiger partial charge in [0.05, 0.1) is 31.5 Å². The van der Waals surface area contributed by atoms with Gasteiger partial charge in [-0.1, -0.05) is 6.07 Å². The monoisotopic (exact) mass is 355 g/mol. The third kappa shape index (κ3) is 3.46. The molecule has 0 aliphatic carbocycles. The van der Waals surface area contributed by atoms with E-state index in [4.69, 9.17) is 0 Å². The lowest BCUT2D eigenvalue weighted by Crippen LogP contribution is -3.11. The molecule has 2 aromatic rings. The van der Waals surface area contributed by atoms with Crippen LogP contribution in [0.2, 0.25) is 0 Å². The number of amides is 1. The maximum Gasteiger partial charge on any atom is 0.278 e. The molecule has 4 heterocycles.